The average molecular weight is 476 g/mol. The van der Waals surface area contributed by atoms with Crippen molar-refractivity contribution in [2.24, 2.45) is 5.92 Å². The first-order chi connectivity index (χ1) is 16.7. The summed E-state index contributed by atoms with van der Waals surface area (Å²) in [5, 5.41) is 9.86. The lowest BCUT2D eigenvalue weighted by molar-refractivity contribution is -0.124. The number of anilines is 1. The molecule has 1 amide bonds. The molecule has 2 atom stereocenters. The van der Waals surface area contributed by atoms with E-state index in [-0.39, 0.29) is 17.5 Å². The van der Waals surface area contributed by atoms with Crippen LogP contribution in [0.15, 0.2) is 47.4 Å². The highest BCUT2D eigenvalue weighted by Crippen LogP contribution is 2.39. The van der Waals surface area contributed by atoms with Crippen molar-refractivity contribution < 1.29 is 4.79 Å². The van der Waals surface area contributed by atoms with Crippen molar-refractivity contribution in [1.82, 2.24) is 20.2 Å². The van der Waals surface area contributed by atoms with E-state index in [4.69, 9.17) is 0 Å². The topological polar surface area (TPSA) is 88.1 Å². The van der Waals surface area contributed by atoms with Crippen LogP contribution in [0, 0.1) is 5.92 Å². The minimum atomic E-state index is -0.488. The van der Waals surface area contributed by atoms with Crippen LogP contribution in [0.4, 0.5) is 5.82 Å². The van der Waals surface area contributed by atoms with Gasteiger partial charge in [-0.25, -0.2) is 4.98 Å². The van der Waals surface area contributed by atoms with E-state index in [1.54, 1.807) is 22.1 Å². The predicted octanol–water partition coefficient (Wildman–Crippen LogP) is 3.67. The third kappa shape index (κ3) is 3.95. The van der Waals surface area contributed by atoms with Crippen LogP contribution in [-0.4, -0.2) is 15.5 Å². The molecule has 4 heterocycles. The maximum atomic E-state index is 13.5. The molecule has 0 saturated heterocycles. The van der Waals surface area contributed by atoms with Crippen LogP contribution in [0.25, 0.3) is 0 Å². The summed E-state index contributed by atoms with van der Waals surface area (Å²) in [5.41, 5.74) is 3.14. The summed E-state index contributed by atoms with van der Waals surface area (Å²) in [6.45, 7) is 2.32. The molecular weight excluding hydrogens is 446 g/mol. The lowest BCUT2D eigenvalue weighted by Crippen LogP contribution is -2.37. The van der Waals surface area contributed by atoms with Crippen LogP contribution < -0.4 is 21.5 Å². The van der Waals surface area contributed by atoms with Gasteiger partial charge >= 0.3 is 0 Å². The van der Waals surface area contributed by atoms with Crippen LogP contribution >= 0.6 is 11.3 Å². The number of thiophene rings is 1. The quantitative estimate of drug-likeness (QED) is 0.485. The number of carbonyl (C=O) groups excluding carboxylic acids is 1. The van der Waals surface area contributed by atoms with Gasteiger partial charge in [-0.3, -0.25) is 14.2 Å². The number of fused-ring (bicyclic) bond motifs is 2. The standard InChI is InChI=1S/C26H29N5O2S/c32-25(29-14-20-11-18-12-27-15-22(18)34-20)21-10-9-19-13-28-24(26(33)31(19)21)30-23(17-7-4-8-17)16-5-2-1-3-6-16/h1-3,5-6,11,13,17,21,23,27H,4,7-10,12,14-15H2,(H,28,30)(H,29,32)/t21-,23-/m0/s1. The van der Waals surface area contributed by atoms with E-state index in [1.165, 1.54) is 22.4 Å². The SMILES string of the molecule is O=C(NCc1cc2c(s1)CNC2)[C@@H]1CCc2cnc(N[C@@H](c3ccccc3)C3CCC3)c(=O)n21. The summed E-state index contributed by atoms with van der Waals surface area (Å²) < 4.78 is 1.66. The Hall–Kier alpha value is -2.97. The fraction of sp³-hybridized carbons (Fsp3) is 0.423. The Morgan fingerprint density at radius 3 is 2.82 bits per heavy atom. The number of nitrogens with zero attached hydrogens (tertiary/aromatic N) is 2. The number of rotatable bonds is 7. The number of hydrogen-bond acceptors (Lipinski definition) is 6. The Bertz CT molecular complexity index is 1240. The molecule has 34 heavy (non-hydrogen) atoms. The van der Waals surface area contributed by atoms with Crippen LogP contribution in [0.2, 0.25) is 0 Å². The van der Waals surface area contributed by atoms with Crippen molar-refractivity contribution in [3.05, 3.63) is 79.5 Å². The minimum absolute atomic E-state index is 0.0535. The van der Waals surface area contributed by atoms with Gasteiger partial charge in [0.2, 0.25) is 5.91 Å². The lowest BCUT2D eigenvalue weighted by atomic mass is 9.77. The van der Waals surface area contributed by atoms with Gasteiger partial charge in [-0.1, -0.05) is 36.8 Å². The Kier molecular flexibility index (Phi) is 5.71. The molecule has 0 radical (unpaired) electrons. The Balaban J connectivity index is 1.21. The van der Waals surface area contributed by atoms with Crippen LogP contribution in [0.3, 0.4) is 0 Å². The van der Waals surface area contributed by atoms with Crippen molar-refractivity contribution in [3.63, 3.8) is 0 Å². The van der Waals surface area contributed by atoms with E-state index in [0.29, 0.717) is 31.1 Å². The Morgan fingerprint density at radius 2 is 2.06 bits per heavy atom. The van der Waals surface area contributed by atoms with Gasteiger partial charge in [0.15, 0.2) is 5.82 Å². The Labute approximate surface area is 202 Å². The third-order valence-electron chi connectivity index (χ3n) is 7.42. The van der Waals surface area contributed by atoms with Crippen LogP contribution in [-0.2, 0) is 30.8 Å². The van der Waals surface area contributed by atoms with Crippen LogP contribution in [0.5, 0.6) is 0 Å². The minimum Gasteiger partial charge on any atom is -0.358 e. The molecule has 3 aliphatic rings. The maximum absolute atomic E-state index is 13.5. The number of amides is 1. The molecule has 3 aromatic rings. The molecule has 1 fully saturated rings. The predicted molar refractivity (Wildman–Crippen MR) is 133 cm³/mol. The number of nitrogens with one attached hydrogen (secondary N) is 3. The number of carbonyl (C=O) groups is 1. The monoisotopic (exact) mass is 475 g/mol. The summed E-state index contributed by atoms with van der Waals surface area (Å²) in [6.07, 6.45) is 6.58. The first kappa shape index (κ1) is 21.6. The molecule has 3 N–H and O–H groups in total. The number of benzene rings is 1. The summed E-state index contributed by atoms with van der Waals surface area (Å²) in [4.78, 5) is 33.6. The Morgan fingerprint density at radius 1 is 1.21 bits per heavy atom. The van der Waals surface area contributed by atoms with E-state index >= 15 is 0 Å². The normalized spacial score (nSPS) is 19.8. The summed E-state index contributed by atoms with van der Waals surface area (Å²) in [7, 11) is 0. The van der Waals surface area contributed by atoms with Gasteiger partial charge in [-0.15, -0.1) is 11.3 Å². The zero-order valence-electron chi connectivity index (χ0n) is 19.0. The zero-order valence-corrected chi connectivity index (χ0v) is 19.9. The summed E-state index contributed by atoms with van der Waals surface area (Å²) in [5.74, 6) is 0.734. The summed E-state index contributed by atoms with van der Waals surface area (Å²) >= 11 is 1.75. The maximum Gasteiger partial charge on any atom is 0.294 e. The molecule has 1 aromatic carbocycles. The molecule has 2 aromatic heterocycles. The van der Waals surface area contributed by atoms with Crippen molar-refractivity contribution in [2.75, 3.05) is 5.32 Å². The second-order valence-electron chi connectivity index (χ2n) is 9.53. The van der Waals surface area contributed by atoms with E-state index in [9.17, 15) is 9.59 Å². The highest BCUT2D eigenvalue weighted by Gasteiger charge is 2.33. The second kappa shape index (κ2) is 9.00. The molecule has 6 rings (SSSR count). The van der Waals surface area contributed by atoms with Gasteiger partial charge in [-0.2, -0.15) is 0 Å². The molecule has 1 saturated carbocycles. The van der Waals surface area contributed by atoms with Crippen molar-refractivity contribution in [3.8, 4) is 0 Å². The number of aromatic nitrogens is 2. The molecule has 0 spiro atoms. The van der Waals surface area contributed by atoms with Gasteiger partial charge < -0.3 is 16.0 Å². The molecular formula is C26H29N5O2S. The third-order valence-corrected chi connectivity index (χ3v) is 8.60. The number of hydrogen-bond donors (Lipinski definition) is 3. The zero-order chi connectivity index (χ0) is 23.1. The molecule has 0 bridgehead atoms. The van der Waals surface area contributed by atoms with Gasteiger partial charge in [0, 0.05) is 34.7 Å². The molecule has 1 aliphatic carbocycles. The van der Waals surface area contributed by atoms with Gasteiger partial charge in [-0.05, 0) is 48.8 Å². The number of aryl methyl sites for hydroxylation is 1. The molecule has 176 valence electrons. The van der Waals surface area contributed by atoms with Crippen molar-refractivity contribution in [2.45, 2.75) is 63.8 Å². The largest absolute Gasteiger partial charge is 0.358 e. The fourth-order valence-corrected chi connectivity index (χ4v) is 6.46. The molecule has 7 nitrogen and oxygen atoms in total. The first-order valence-electron chi connectivity index (χ1n) is 12.2. The van der Waals surface area contributed by atoms with E-state index in [1.807, 2.05) is 18.2 Å². The molecule has 0 unspecified atom stereocenters. The average Bonchev–Trinajstić information content (AvgIpc) is 3.53. The van der Waals surface area contributed by atoms with E-state index in [2.05, 4.69) is 39.1 Å². The van der Waals surface area contributed by atoms with Crippen molar-refractivity contribution in [1.29, 1.82) is 0 Å². The lowest BCUT2D eigenvalue weighted by Gasteiger charge is -2.35. The van der Waals surface area contributed by atoms with Gasteiger partial charge in [0.25, 0.3) is 5.56 Å². The smallest absolute Gasteiger partial charge is 0.294 e. The van der Waals surface area contributed by atoms with Gasteiger partial charge in [0.1, 0.15) is 6.04 Å². The van der Waals surface area contributed by atoms with Gasteiger partial charge in [0.05, 0.1) is 12.6 Å². The highest BCUT2D eigenvalue weighted by atomic mass is 32.1. The van der Waals surface area contributed by atoms with Crippen LogP contribution in [0.1, 0.15) is 64.3 Å². The highest BCUT2D eigenvalue weighted by molar-refractivity contribution is 7.12. The molecule has 2 aliphatic heterocycles. The second-order valence-corrected chi connectivity index (χ2v) is 10.8. The first-order valence-corrected chi connectivity index (χ1v) is 13.0. The van der Waals surface area contributed by atoms with Crippen molar-refractivity contribution >= 4 is 23.1 Å². The van der Waals surface area contributed by atoms with E-state index in [0.717, 1.165) is 36.5 Å². The molecule has 8 heteroatoms. The van der Waals surface area contributed by atoms with E-state index < -0.39 is 6.04 Å². The summed E-state index contributed by atoms with van der Waals surface area (Å²) in [6, 6.07) is 12.0. The fourth-order valence-electron chi connectivity index (χ4n) is 5.36.